The number of imide groups is 1. The van der Waals surface area contributed by atoms with Gasteiger partial charge in [0.05, 0.1) is 12.1 Å². The van der Waals surface area contributed by atoms with Crippen LogP contribution in [0.1, 0.15) is 50.0 Å². The first-order valence-corrected chi connectivity index (χ1v) is 11.7. The van der Waals surface area contributed by atoms with Crippen LogP contribution < -0.4 is 0 Å². The first-order chi connectivity index (χ1) is 13.7. The van der Waals surface area contributed by atoms with Crippen LogP contribution in [0.5, 0.6) is 0 Å². The molecule has 3 fully saturated rings. The smallest absolute Gasteiger partial charge is 0.248 e. The third-order valence-corrected chi connectivity index (χ3v) is 8.68. The second-order valence-electron chi connectivity index (χ2n) is 8.46. The minimum atomic E-state index is -3.67. The van der Waals surface area contributed by atoms with E-state index in [0.29, 0.717) is 38.3 Å². The standard InChI is InChI=1S/C19H28N4O5S/c1-14-17(15(2)28-20-14)29(26,27)22-10-8-21(9-11-22)13-23-16(24)12-19(18(23)25)6-4-3-5-7-19/h3-13H2,1-2H3. The van der Waals surface area contributed by atoms with Crippen LogP contribution in [0.15, 0.2) is 9.42 Å². The lowest BCUT2D eigenvalue weighted by Gasteiger charge is -2.36. The Labute approximate surface area is 171 Å². The number of sulfonamides is 1. The van der Waals surface area contributed by atoms with Crippen molar-refractivity contribution in [1.82, 2.24) is 19.3 Å². The number of aryl methyl sites for hydroxylation is 2. The summed E-state index contributed by atoms with van der Waals surface area (Å²) < 4.78 is 32.3. The van der Waals surface area contributed by atoms with Crippen molar-refractivity contribution in [1.29, 1.82) is 0 Å². The first kappa shape index (κ1) is 20.5. The van der Waals surface area contributed by atoms with Gasteiger partial charge >= 0.3 is 0 Å². The van der Waals surface area contributed by atoms with Crippen molar-refractivity contribution in [3.63, 3.8) is 0 Å². The highest BCUT2D eigenvalue weighted by Gasteiger charge is 2.51. The Kier molecular flexibility index (Phi) is 5.28. The van der Waals surface area contributed by atoms with E-state index in [0.717, 1.165) is 32.1 Å². The van der Waals surface area contributed by atoms with Gasteiger partial charge in [0.1, 0.15) is 10.6 Å². The second kappa shape index (κ2) is 7.48. The van der Waals surface area contributed by atoms with E-state index in [9.17, 15) is 18.0 Å². The van der Waals surface area contributed by atoms with Crippen LogP contribution in [0, 0.1) is 19.3 Å². The molecule has 2 aliphatic heterocycles. The van der Waals surface area contributed by atoms with Crippen LogP contribution in [0.2, 0.25) is 0 Å². The van der Waals surface area contributed by atoms with E-state index in [-0.39, 0.29) is 29.1 Å². The Morgan fingerprint density at radius 3 is 2.28 bits per heavy atom. The number of amides is 2. The van der Waals surface area contributed by atoms with E-state index in [1.54, 1.807) is 13.8 Å². The van der Waals surface area contributed by atoms with E-state index in [1.165, 1.54) is 9.21 Å². The van der Waals surface area contributed by atoms with Gasteiger partial charge in [0.15, 0.2) is 5.76 Å². The van der Waals surface area contributed by atoms with Gasteiger partial charge in [-0.25, -0.2) is 8.42 Å². The molecule has 1 spiro atoms. The minimum absolute atomic E-state index is 0.0343. The van der Waals surface area contributed by atoms with Crippen molar-refractivity contribution in [2.24, 2.45) is 5.41 Å². The molecule has 3 aliphatic rings. The summed E-state index contributed by atoms with van der Waals surface area (Å²) in [5, 5.41) is 3.75. The van der Waals surface area contributed by atoms with Crippen molar-refractivity contribution in [3.05, 3.63) is 11.5 Å². The van der Waals surface area contributed by atoms with Crippen molar-refractivity contribution < 1.29 is 22.5 Å². The first-order valence-electron chi connectivity index (χ1n) is 10.2. The number of piperazine rings is 1. The van der Waals surface area contributed by atoms with Gasteiger partial charge in [-0.1, -0.05) is 24.4 Å². The molecule has 1 aliphatic carbocycles. The zero-order chi connectivity index (χ0) is 20.8. The Morgan fingerprint density at radius 1 is 1.03 bits per heavy atom. The highest BCUT2D eigenvalue weighted by atomic mass is 32.2. The van der Waals surface area contributed by atoms with Crippen LogP contribution in [0.4, 0.5) is 0 Å². The summed E-state index contributed by atoms with van der Waals surface area (Å²) in [7, 11) is -3.67. The molecule has 2 amide bonds. The number of carbonyl (C=O) groups is 2. The fourth-order valence-corrected chi connectivity index (χ4v) is 6.62. The summed E-state index contributed by atoms with van der Waals surface area (Å²) in [5.74, 6) is 0.159. The Hall–Kier alpha value is -1.78. The molecule has 0 unspecified atom stereocenters. The number of aromatic nitrogens is 1. The summed E-state index contributed by atoms with van der Waals surface area (Å²) >= 11 is 0. The van der Waals surface area contributed by atoms with E-state index in [4.69, 9.17) is 4.52 Å². The molecular formula is C19H28N4O5S. The third-order valence-electron chi connectivity index (χ3n) is 6.54. The zero-order valence-electron chi connectivity index (χ0n) is 17.0. The lowest BCUT2D eigenvalue weighted by molar-refractivity contribution is -0.145. The van der Waals surface area contributed by atoms with Crippen LogP contribution in [0.25, 0.3) is 0 Å². The van der Waals surface area contributed by atoms with E-state index in [1.807, 2.05) is 4.90 Å². The molecule has 0 N–H and O–H groups in total. The molecule has 4 rings (SSSR count). The monoisotopic (exact) mass is 424 g/mol. The fourth-order valence-electron chi connectivity index (χ4n) is 4.91. The van der Waals surface area contributed by atoms with Crippen molar-refractivity contribution in [2.75, 3.05) is 32.8 Å². The minimum Gasteiger partial charge on any atom is -0.360 e. The second-order valence-corrected chi connectivity index (χ2v) is 10.3. The van der Waals surface area contributed by atoms with Gasteiger partial charge < -0.3 is 4.52 Å². The predicted octanol–water partition coefficient (Wildman–Crippen LogP) is 1.26. The number of rotatable bonds is 4. The molecule has 10 heteroatoms. The number of hydrogen-bond acceptors (Lipinski definition) is 7. The third kappa shape index (κ3) is 3.51. The molecule has 0 radical (unpaired) electrons. The summed E-state index contributed by atoms with van der Waals surface area (Å²) in [6, 6.07) is 0. The maximum atomic E-state index is 13.0. The van der Waals surface area contributed by atoms with Crippen LogP contribution in [-0.4, -0.2) is 72.3 Å². The van der Waals surface area contributed by atoms with E-state index >= 15 is 0 Å². The van der Waals surface area contributed by atoms with Gasteiger partial charge in [-0.05, 0) is 26.7 Å². The average molecular weight is 425 g/mol. The zero-order valence-corrected chi connectivity index (χ0v) is 17.8. The van der Waals surface area contributed by atoms with E-state index < -0.39 is 15.4 Å². The maximum Gasteiger partial charge on any atom is 0.248 e. The molecule has 1 aromatic heterocycles. The fraction of sp³-hybridized carbons (Fsp3) is 0.737. The molecule has 160 valence electrons. The largest absolute Gasteiger partial charge is 0.360 e. The SMILES string of the molecule is Cc1noc(C)c1S(=O)(=O)N1CCN(CN2C(=O)CC3(CCCCC3)C2=O)CC1. The lowest BCUT2D eigenvalue weighted by Crippen LogP contribution is -2.52. The molecule has 1 aromatic rings. The van der Waals surface area contributed by atoms with Crippen molar-refractivity contribution in [2.45, 2.75) is 57.3 Å². The van der Waals surface area contributed by atoms with Gasteiger partial charge in [-0.2, -0.15) is 4.31 Å². The topological polar surface area (TPSA) is 104 Å². The molecule has 0 aromatic carbocycles. The molecule has 3 heterocycles. The highest BCUT2D eigenvalue weighted by Crippen LogP contribution is 2.45. The van der Waals surface area contributed by atoms with Crippen LogP contribution in [0.3, 0.4) is 0 Å². The van der Waals surface area contributed by atoms with Gasteiger partial charge in [0.2, 0.25) is 21.8 Å². The Balaban J connectivity index is 1.39. The van der Waals surface area contributed by atoms with Crippen molar-refractivity contribution in [3.8, 4) is 0 Å². The molecule has 29 heavy (non-hydrogen) atoms. The summed E-state index contributed by atoms with van der Waals surface area (Å²) in [5.41, 5.74) is -0.125. The quantitative estimate of drug-likeness (QED) is 0.670. The molecule has 0 bridgehead atoms. The number of nitrogens with zero attached hydrogens (tertiary/aromatic N) is 4. The van der Waals surface area contributed by atoms with Gasteiger partial charge in [0, 0.05) is 32.6 Å². The highest BCUT2D eigenvalue weighted by molar-refractivity contribution is 7.89. The number of hydrogen-bond donors (Lipinski definition) is 0. The van der Waals surface area contributed by atoms with Gasteiger partial charge in [-0.15, -0.1) is 0 Å². The van der Waals surface area contributed by atoms with Crippen LogP contribution in [-0.2, 0) is 19.6 Å². The van der Waals surface area contributed by atoms with Gasteiger partial charge in [-0.3, -0.25) is 19.4 Å². The Morgan fingerprint density at radius 2 is 1.69 bits per heavy atom. The number of likely N-dealkylation sites (tertiary alicyclic amines) is 1. The predicted molar refractivity (Wildman–Crippen MR) is 103 cm³/mol. The number of carbonyl (C=O) groups excluding carboxylic acids is 2. The Bertz CT molecular complexity index is 892. The van der Waals surface area contributed by atoms with Gasteiger partial charge in [0.25, 0.3) is 0 Å². The molecule has 1 saturated carbocycles. The molecule has 2 saturated heterocycles. The van der Waals surface area contributed by atoms with Crippen LogP contribution >= 0.6 is 0 Å². The normalized spacial score (nSPS) is 24.0. The lowest BCUT2D eigenvalue weighted by atomic mass is 9.73. The molecule has 0 atom stereocenters. The van der Waals surface area contributed by atoms with E-state index in [2.05, 4.69) is 5.16 Å². The van der Waals surface area contributed by atoms with Crippen molar-refractivity contribution >= 4 is 21.8 Å². The molecule has 9 nitrogen and oxygen atoms in total. The summed E-state index contributed by atoms with van der Waals surface area (Å²) in [6.07, 6.45) is 5.07. The molecular weight excluding hydrogens is 396 g/mol. The summed E-state index contributed by atoms with van der Waals surface area (Å²) in [4.78, 5) is 29.0. The average Bonchev–Trinajstić information content (AvgIpc) is 3.14. The maximum absolute atomic E-state index is 13.0. The summed E-state index contributed by atoms with van der Waals surface area (Å²) in [6.45, 7) is 4.99.